The van der Waals surface area contributed by atoms with Crippen molar-refractivity contribution in [2.75, 3.05) is 6.54 Å². The summed E-state index contributed by atoms with van der Waals surface area (Å²) in [5, 5.41) is 14.1. The summed E-state index contributed by atoms with van der Waals surface area (Å²) in [5.74, 6) is -0.920. The van der Waals surface area contributed by atoms with Gasteiger partial charge in [0.05, 0.1) is 6.42 Å². The summed E-state index contributed by atoms with van der Waals surface area (Å²) in [5.41, 5.74) is 0.669. The minimum atomic E-state index is -0.920. The summed E-state index contributed by atoms with van der Waals surface area (Å²) in [6.45, 7) is 3.99. The molecule has 0 fully saturated rings. The molecule has 0 saturated carbocycles. The number of urea groups is 1. The van der Waals surface area contributed by atoms with E-state index in [-0.39, 0.29) is 12.5 Å². The number of amides is 2. The molecule has 1 aliphatic carbocycles. The van der Waals surface area contributed by atoms with Crippen molar-refractivity contribution in [2.24, 2.45) is 0 Å². The Hall–Kier alpha value is -1.52. The van der Waals surface area contributed by atoms with E-state index in [0.29, 0.717) is 6.54 Å². The molecule has 0 spiro atoms. The van der Waals surface area contributed by atoms with Crippen LogP contribution in [0.2, 0.25) is 0 Å². The lowest BCUT2D eigenvalue weighted by molar-refractivity contribution is -0.138. The first-order valence-electron chi connectivity index (χ1n) is 6.35. The van der Waals surface area contributed by atoms with Crippen LogP contribution in [-0.2, 0) is 4.79 Å². The van der Waals surface area contributed by atoms with Crippen molar-refractivity contribution in [2.45, 2.75) is 51.5 Å². The predicted octanol–water partition coefficient (Wildman–Crippen LogP) is 2.04. The number of carbonyl (C=O) groups excluding carboxylic acids is 1. The SMILES string of the molecule is CC(C)(CC(=O)O)NC(=O)NCCC1=CCCC1. The van der Waals surface area contributed by atoms with E-state index in [2.05, 4.69) is 16.7 Å². The van der Waals surface area contributed by atoms with Crippen LogP contribution < -0.4 is 10.6 Å². The van der Waals surface area contributed by atoms with Crippen LogP contribution in [0.4, 0.5) is 4.79 Å². The van der Waals surface area contributed by atoms with Crippen LogP contribution in [0.5, 0.6) is 0 Å². The Morgan fingerprint density at radius 3 is 2.72 bits per heavy atom. The Balaban J connectivity index is 2.22. The number of allylic oxidation sites excluding steroid dienone is 1. The Kier molecular flexibility index (Phi) is 5.19. The molecule has 2 amide bonds. The number of hydrogen-bond donors (Lipinski definition) is 3. The Bertz CT molecular complexity index is 348. The Morgan fingerprint density at radius 2 is 2.17 bits per heavy atom. The molecule has 102 valence electrons. The molecule has 5 nitrogen and oxygen atoms in total. The van der Waals surface area contributed by atoms with Crippen LogP contribution in [0.25, 0.3) is 0 Å². The van der Waals surface area contributed by atoms with Gasteiger partial charge in [0.25, 0.3) is 0 Å². The summed E-state index contributed by atoms with van der Waals surface area (Å²) in [4.78, 5) is 22.2. The van der Waals surface area contributed by atoms with Crippen LogP contribution >= 0.6 is 0 Å². The molecule has 0 aromatic carbocycles. The van der Waals surface area contributed by atoms with E-state index < -0.39 is 11.5 Å². The smallest absolute Gasteiger partial charge is 0.315 e. The second-order valence-electron chi connectivity index (χ2n) is 5.34. The molecule has 1 aliphatic rings. The van der Waals surface area contributed by atoms with E-state index in [9.17, 15) is 9.59 Å². The summed E-state index contributed by atoms with van der Waals surface area (Å²) >= 11 is 0. The zero-order valence-electron chi connectivity index (χ0n) is 11.1. The van der Waals surface area contributed by atoms with Crippen molar-refractivity contribution >= 4 is 12.0 Å². The van der Waals surface area contributed by atoms with E-state index in [1.165, 1.54) is 12.0 Å². The van der Waals surface area contributed by atoms with Gasteiger partial charge in [-0.25, -0.2) is 4.79 Å². The summed E-state index contributed by atoms with van der Waals surface area (Å²) in [7, 11) is 0. The molecule has 0 aromatic rings. The molecule has 0 unspecified atom stereocenters. The Labute approximate surface area is 108 Å². The minimum Gasteiger partial charge on any atom is -0.481 e. The van der Waals surface area contributed by atoms with Gasteiger partial charge in [0.15, 0.2) is 0 Å². The lowest BCUT2D eigenvalue weighted by Crippen LogP contribution is -2.49. The number of hydrogen-bond acceptors (Lipinski definition) is 2. The molecule has 18 heavy (non-hydrogen) atoms. The van der Waals surface area contributed by atoms with Gasteiger partial charge in [0.2, 0.25) is 0 Å². The molecular weight excluding hydrogens is 232 g/mol. The number of carboxylic acid groups (broad SMARTS) is 1. The molecule has 1 rings (SSSR count). The third-order valence-corrected chi connectivity index (χ3v) is 2.91. The fraction of sp³-hybridized carbons (Fsp3) is 0.692. The molecular formula is C13H22N2O3. The van der Waals surface area contributed by atoms with Crippen LogP contribution in [0.1, 0.15) is 46.0 Å². The highest BCUT2D eigenvalue weighted by molar-refractivity contribution is 5.76. The molecule has 0 atom stereocenters. The highest BCUT2D eigenvalue weighted by Gasteiger charge is 2.23. The monoisotopic (exact) mass is 254 g/mol. The van der Waals surface area contributed by atoms with Gasteiger partial charge in [-0.15, -0.1) is 0 Å². The van der Waals surface area contributed by atoms with E-state index >= 15 is 0 Å². The molecule has 0 heterocycles. The van der Waals surface area contributed by atoms with Crippen LogP contribution in [0, 0.1) is 0 Å². The standard InChI is InChI=1S/C13H22N2O3/c1-13(2,9-11(16)17)15-12(18)14-8-7-10-5-3-4-6-10/h5H,3-4,6-9H2,1-2H3,(H,16,17)(H2,14,15,18). The number of carbonyl (C=O) groups is 2. The highest BCUT2D eigenvalue weighted by Crippen LogP contribution is 2.19. The van der Waals surface area contributed by atoms with Crippen LogP contribution in [-0.4, -0.2) is 29.2 Å². The van der Waals surface area contributed by atoms with Crippen molar-refractivity contribution in [1.82, 2.24) is 10.6 Å². The topological polar surface area (TPSA) is 78.4 Å². The summed E-state index contributed by atoms with van der Waals surface area (Å²) in [6.07, 6.45) is 6.51. The first-order chi connectivity index (χ1) is 8.39. The van der Waals surface area contributed by atoms with Gasteiger partial charge in [-0.3, -0.25) is 4.79 Å². The number of carboxylic acids is 1. The maximum absolute atomic E-state index is 11.6. The van der Waals surface area contributed by atoms with Crippen molar-refractivity contribution in [3.63, 3.8) is 0 Å². The second kappa shape index (κ2) is 6.42. The average molecular weight is 254 g/mol. The number of nitrogens with one attached hydrogen (secondary N) is 2. The molecule has 3 N–H and O–H groups in total. The molecule has 5 heteroatoms. The average Bonchev–Trinajstić information content (AvgIpc) is 2.66. The maximum atomic E-state index is 11.6. The van der Waals surface area contributed by atoms with E-state index in [4.69, 9.17) is 5.11 Å². The quantitative estimate of drug-likeness (QED) is 0.635. The van der Waals surface area contributed by atoms with Crippen molar-refractivity contribution < 1.29 is 14.7 Å². The fourth-order valence-electron chi connectivity index (χ4n) is 2.07. The van der Waals surface area contributed by atoms with E-state index in [1.54, 1.807) is 13.8 Å². The van der Waals surface area contributed by atoms with Gasteiger partial charge >= 0.3 is 12.0 Å². The summed E-state index contributed by atoms with van der Waals surface area (Å²) in [6, 6.07) is -0.306. The molecule has 0 bridgehead atoms. The van der Waals surface area contributed by atoms with Gasteiger partial charge in [-0.2, -0.15) is 0 Å². The van der Waals surface area contributed by atoms with Crippen molar-refractivity contribution in [3.8, 4) is 0 Å². The molecule has 0 saturated heterocycles. The van der Waals surface area contributed by atoms with Gasteiger partial charge in [-0.05, 0) is 39.5 Å². The maximum Gasteiger partial charge on any atom is 0.315 e. The first kappa shape index (κ1) is 14.5. The van der Waals surface area contributed by atoms with Crippen molar-refractivity contribution in [1.29, 1.82) is 0 Å². The van der Waals surface area contributed by atoms with E-state index in [1.807, 2.05) is 0 Å². The second-order valence-corrected chi connectivity index (χ2v) is 5.34. The van der Waals surface area contributed by atoms with Crippen LogP contribution in [0.3, 0.4) is 0 Å². The predicted molar refractivity (Wildman–Crippen MR) is 69.4 cm³/mol. The first-order valence-corrected chi connectivity index (χ1v) is 6.35. The van der Waals surface area contributed by atoms with Crippen molar-refractivity contribution in [3.05, 3.63) is 11.6 Å². The fourth-order valence-corrected chi connectivity index (χ4v) is 2.07. The third-order valence-electron chi connectivity index (χ3n) is 2.91. The third kappa shape index (κ3) is 5.70. The minimum absolute atomic E-state index is 0.0917. The molecule has 0 radical (unpaired) electrons. The van der Waals surface area contributed by atoms with Gasteiger partial charge in [-0.1, -0.05) is 11.6 Å². The number of aliphatic carboxylic acids is 1. The lowest BCUT2D eigenvalue weighted by atomic mass is 10.0. The van der Waals surface area contributed by atoms with Crippen LogP contribution in [0.15, 0.2) is 11.6 Å². The zero-order valence-corrected chi connectivity index (χ0v) is 11.1. The number of rotatable bonds is 6. The van der Waals surface area contributed by atoms with E-state index in [0.717, 1.165) is 19.3 Å². The van der Waals surface area contributed by atoms with Gasteiger partial charge < -0.3 is 15.7 Å². The lowest BCUT2D eigenvalue weighted by Gasteiger charge is -2.24. The highest BCUT2D eigenvalue weighted by atomic mass is 16.4. The largest absolute Gasteiger partial charge is 0.481 e. The zero-order chi connectivity index (χ0) is 13.6. The Morgan fingerprint density at radius 1 is 1.44 bits per heavy atom. The normalized spacial score (nSPS) is 15.1. The van der Waals surface area contributed by atoms with Gasteiger partial charge in [0, 0.05) is 12.1 Å². The molecule has 0 aromatic heterocycles. The molecule has 0 aliphatic heterocycles. The summed E-state index contributed by atoms with van der Waals surface area (Å²) < 4.78 is 0. The van der Waals surface area contributed by atoms with Gasteiger partial charge in [0.1, 0.15) is 0 Å².